The fourth-order valence-electron chi connectivity index (χ4n) is 3.42. The number of para-hydroxylation sites is 1. The van der Waals surface area contributed by atoms with E-state index in [0.29, 0.717) is 16.8 Å². The third-order valence-electron chi connectivity index (χ3n) is 4.74. The lowest BCUT2D eigenvalue weighted by Crippen LogP contribution is -2.44. The Morgan fingerprint density at radius 3 is 2.50 bits per heavy atom. The van der Waals surface area contributed by atoms with E-state index in [9.17, 15) is 25.0 Å². The maximum absolute atomic E-state index is 12.6. The third-order valence-corrected chi connectivity index (χ3v) is 4.74. The van der Waals surface area contributed by atoms with Gasteiger partial charge in [0.15, 0.2) is 0 Å². The molecule has 2 atom stereocenters. The monoisotopic (exact) mass is 412 g/mol. The molecule has 156 valence electrons. The molecule has 0 aromatic heterocycles. The molecule has 1 aliphatic heterocycles. The molecule has 1 heterocycles. The molecular formula is C20H20N4O6. The van der Waals surface area contributed by atoms with E-state index in [1.165, 1.54) is 18.2 Å². The highest BCUT2D eigenvalue weighted by molar-refractivity contribution is 5.91. The second-order valence-corrected chi connectivity index (χ2v) is 6.60. The number of nitro groups is 2. The van der Waals surface area contributed by atoms with Gasteiger partial charge in [0, 0.05) is 23.9 Å². The van der Waals surface area contributed by atoms with Gasteiger partial charge in [-0.15, -0.1) is 0 Å². The fourth-order valence-corrected chi connectivity index (χ4v) is 3.42. The number of non-ortho nitro benzene ring substituents is 1. The minimum atomic E-state index is -0.851. The lowest BCUT2D eigenvalue weighted by molar-refractivity contribution is -0.385. The van der Waals surface area contributed by atoms with Crippen LogP contribution in [0.25, 0.3) is 0 Å². The highest BCUT2D eigenvalue weighted by atomic mass is 16.6. The maximum Gasteiger partial charge on any atom is 0.337 e. The van der Waals surface area contributed by atoms with Gasteiger partial charge in [0.25, 0.3) is 11.4 Å². The van der Waals surface area contributed by atoms with Crippen LogP contribution in [0.1, 0.15) is 37.2 Å². The molecule has 0 fully saturated rings. The average molecular weight is 412 g/mol. The van der Waals surface area contributed by atoms with Gasteiger partial charge in [0.05, 0.1) is 33.6 Å². The normalized spacial score (nSPS) is 18.5. The molecule has 0 spiro atoms. The number of nitrogens with zero attached hydrogens (tertiary/aromatic N) is 2. The first-order valence-corrected chi connectivity index (χ1v) is 9.21. The van der Waals surface area contributed by atoms with Gasteiger partial charge < -0.3 is 10.1 Å². The van der Waals surface area contributed by atoms with Gasteiger partial charge in [0.1, 0.15) is 6.17 Å². The minimum Gasteiger partial charge on any atom is -0.463 e. The van der Waals surface area contributed by atoms with Crippen LogP contribution < -0.4 is 10.6 Å². The Bertz CT molecular complexity index is 1040. The number of nitro benzene ring substituents is 2. The smallest absolute Gasteiger partial charge is 0.337 e. The Labute approximate surface area is 171 Å². The Balaban J connectivity index is 2.11. The molecular weight excluding hydrogens is 392 g/mol. The van der Waals surface area contributed by atoms with E-state index >= 15 is 0 Å². The van der Waals surface area contributed by atoms with Crippen LogP contribution in [0.2, 0.25) is 0 Å². The van der Waals surface area contributed by atoms with Gasteiger partial charge in [-0.1, -0.05) is 30.3 Å². The van der Waals surface area contributed by atoms with Crippen molar-refractivity contribution in [3.05, 3.63) is 91.2 Å². The van der Waals surface area contributed by atoms with Gasteiger partial charge in [-0.3, -0.25) is 25.5 Å². The third kappa shape index (κ3) is 4.13. The molecule has 0 amide bonds. The fraction of sp³-hybridized carbons (Fsp3) is 0.250. The van der Waals surface area contributed by atoms with Crippen molar-refractivity contribution in [2.75, 3.05) is 6.61 Å². The van der Waals surface area contributed by atoms with Gasteiger partial charge in [-0.25, -0.2) is 4.79 Å². The number of ether oxygens (including phenoxy) is 1. The summed E-state index contributed by atoms with van der Waals surface area (Å²) in [6.45, 7) is 3.48. The van der Waals surface area contributed by atoms with Crippen LogP contribution in [0, 0.1) is 20.2 Å². The molecule has 1 aliphatic rings. The Morgan fingerprint density at radius 1 is 1.10 bits per heavy atom. The largest absolute Gasteiger partial charge is 0.463 e. The van der Waals surface area contributed by atoms with E-state index in [1.54, 1.807) is 44.2 Å². The predicted octanol–water partition coefficient (Wildman–Crippen LogP) is 3.27. The minimum absolute atomic E-state index is 0.0869. The van der Waals surface area contributed by atoms with E-state index in [4.69, 9.17) is 4.74 Å². The van der Waals surface area contributed by atoms with Crippen molar-refractivity contribution in [1.82, 2.24) is 10.6 Å². The first kappa shape index (κ1) is 20.9. The molecule has 3 rings (SSSR count). The van der Waals surface area contributed by atoms with Crippen LogP contribution >= 0.6 is 0 Å². The molecule has 10 heteroatoms. The van der Waals surface area contributed by atoms with Crippen molar-refractivity contribution >= 4 is 17.3 Å². The number of carbonyl (C=O) groups is 1. The summed E-state index contributed by atoms with van der Waals surface area (Å²) in [6.07, 6.45) is -0.618. The molecule has 2 aromatic rings. The molecule has 0 aliphatic carbocycles. The lowest BCUT2D eigenvalue weighted by atomic mass is 9.92. The number of allylic oxidation sites excluding steroid dienone is 1. The Morgan fingerprint density at radius 2 is 1.83 bits per heavy atom. The van der Waals surface area contributed by atoms with Crippen LogP contribution in [0.15, 0.2) is 59.8 Å². The summed E-state index contributed by atoms with van der Waals surface area (Å²) in [6, 6.07) is 11.3. The Hall–Kier alpha value is -3.79. The summed E-state index contributed by atoms with van der Waals surface area (Å²) in [4.78, 5) is 34.3. The van der Waals surface area contributed by atoms with E-state index in [0.717, 1.165) is 0 Å². The molecule has 0 unspecified atom stereocenters. The number of nitrogens with one attached hydrogen (secondary N) is 2. The zero-order chi connectivity index (χ0) is 21.8. The number of hydrogen-bond donors (Lipinski definition) is 2. The van der Waals surface area contributed by atoms with Crippen molar-refractivity contribution in [2.45, 2.75) is 26.1 Å². The second-order valence-electron chi connectivity index (χ2n) is 6.60. The van der Waals surface area contributed by atoms with Crippen LogP contribution in [-0.4, -0.2) is 22.4 Å². The maximum atomic E-state index is 12.6. The quantitative estimate of drug-likeness (QED) is 0.419. The SMILES string of the molecule is CCOC(=O)C1=C(C)N[C@H](c2cccc([N+](=O)[O-])c2)N[C@@H]1c1ccccc1[N+](=O)[O-]. The molecule has 30 heavy (non-hydrogen) atoms. The number of hydrogen-bond acceptors (Lipinski definition) is 8. The van der Waals surface area contributed by atoms with Gasteiger partial charge in [-0.05, 0) is 19.4 Å². The molecule has 10 nitrogen and oxygen atoms in total. The zero-order valence-electron chi connectivity index (χ0n) is 16.3. The number of esters is 1. The highest BCUT2D eigenvalue weighted by Crippen LogP contribution is 2.36. The number of benzene rings is 2. The second kappa shape index (κ2) is 8.70. The van der Waals surface area contributed by atoms with Gasteiger partial charge in [0.2, 0.25) is 0 Å². The summed E-state index contributed by atoms with van der Waals surface area (Å²) in [5.74, 6) is -0.601. The van der Waals surface area contributed by atoms with E-state index in [-0.39, 0.29) is 23.6 Å². The summed E-state index contributed by atoms with van der Waals surface area (Å²) >= 11 is 0. The predicted molar refractivity (Wildman–Crippen MR) is 107 cm³/mol. The molecule has 2 N–H and O–H groups in total. The average Bonchev–Trinajstić information content (AvgIpc) is 2.73. The van der Waals surface area contributed by atoms with Crippen molar-refractivity contribution in [2.24, 2.45) is 0 Å². The molecule has 0 radical (unpaired) electrons. The summed E-state index contributed by atoms with van der Waals surface area (Å²) in [5, 5.41) is 29.0. The highest BCUT2D eigenvalue weighted by Gasteiger charge is 2.36. The van der Waals surface area contributed by atoms with E-state index in [2.05, 4.69) is 10.6 Å². The first-order valence-electron chi connectivity index (χ1n) is 9.21. The van der Waals surface area contributed by atoms with Crippen LogP contribution in [0.5, 0.6) is 0 Å². The summed E-state index contributed by atoms with van der Waals surface area (Å²) < 4.78 is 5.16. The van der Waals surface area contributed by atoms with Crippen molar-refractivity contribution in [3.8, 4) is 0 Å². The van der Waals surface area contributed by atoms with Crippen LogP contribution in [0.4, 0.5) is 11.4 Å². The van der Waals surface area contributed by atoms with Crippen molar-refractivity contribution in [3.63, 3.8) is 0 Å². The van der Waals surface area contributed by atoms with Crippen LogP contribution in [-0.2, 0) is 9.53 Å². The molecule has 0 bridgehead atoms. The molecule has 0 saturated heterocycles. The van der Waals surface area contributed by atoms with Gasteiger partial charge >= 0.3 is 5.97 Å². The first-order chi connectivity index (χ1) is 14.3. The summed E-state index contributed by atoms with van der Waals surface area (Å²) in [7, 11) is 0. The Kier molecular flexibility index (Phi) is 6.07. The van der Waals surface area contributed by atoms with Crippen molar-refractivity contribution < 1.29 is 19.4 Å². The molecule has 2 aromatic carbocycles. The van der Waals surface area contributed by atoms with Crippen molar-refractivity contribution in [1.29, 1.82) is 0 Å². The zero-order valence-corrected chi connectivity index (χ0v) is 16.3. The van der Waals surface area contributed by atoms with Gasteiger partial charge in [-0.2, -0.15) is 0 Å². The number of carbonyl (C=O) groups excluding carboxylic acids is 1. The topological polar surface area (TPSA) is 137 Å². The standard InChI is InChI=1S/C20H20N4O6/c1-3-30-20(25)17-12(2)21-19(13-7-6-8-14(11-13)23(26)27)22-18(17)15-9-4-5-10-16(15)24(28)29/h4-11,18-19,21-22H,3H2,1-2H3/t18-,19+/m1/s1. The number of rotatable bonds is 6. The summed E-state index contributed by atoms with van der Waals surface area (Å²) in [5.41, 5.74) is 1.29. The van der Waals surface area contributed by atoms with Crippen LogP contribution in [0.3, 0.4) is 0 Å². The molecule has 0 saturated carbocycles. The van der Waals surface area contributed by atoms with E-state index in [1.807, 2.05) is 0 Å². The lowest BCUT2D eigenvalue weighted by Gasteiger charge is -2.35. The van der Waals surface area contributed by atoms with E-state index < -0.39 is 28.0 Å².